The number of ether oxygens (including phenoxy) is 1. The molecule has 8 heteroatoms. The maximum atomic E-state index is 13.3. The number of aryl methyl sites for hydroxylation is 1. The highest BCUT2D eigenvalue weighted by molar-refractivity contribution is 6.23. The van der Waals surface area contributed by atoms with Crippen LogP contribution in [0, 0.1) is 12.8 Å². The molecule has 2 aliphatic rings. The van der Waals surface area contributed by atoms with Gasteiger partial charge in [0.25, 0.3) is 5.91 Å². The van der Waals surface area contributed by atoms with Crippen LogP contribution >= 0.6 is 0 Å². The van der Waals surface area contributed by atoms with E-state index in [0.29, 0.717) is 11.4 Å². The minimum atomic E-state index is -1.01. The molecule has 4 rings (SSSR count). The lowest BCUT2D eigenvalue weighted by molar-refractivity contribution is -0.175. The predicted molar refractivity (Wildman–Crippen MR) is 104 cm³/mol. The van der Waals surface area contributed by atoms with Gasteiger partial charge in [-0.1, -0.05) is 30.3 Å². The van der Waals surface area contributed by atoms with Crippen molar-refractivity contribution < 1.29 is 24.0 Å². The number of nitrogens with two attached hydrogens (primary N) is 1. The van der Waals surface area contributed by atoms with Crippen LogP contribution in [-0.4, -0.2) is 42.5 Å². The quantitative estimate of drug-likeness (QED) is 0.767. The number of anilines is 1. The SMILES string of the molecule is COc1ccc(C2C3C(=O)N(c4ccccc4)C(=O)C3ON2CC(N)=O)cc1C. The van der Waals surface area contributed by atoms with Gasteiger partial charge < -0.3 is 10.5 Å². The van der Waals surface area contributed by atoms with Crippen molar-refractivity contribution in [2.45, 2.75) is 19.1 Å². The molecular formula is C21H21N3O5. The number of amides is 3. The van der Waals surface area contributed by atoms with Gasteiger partial charge in [-0.25, -0.2) is 4.90 Å². The maximum absolute atomic E-state index is 13.3. The Labute approximate surface area is 167 Å². The zero-order valence-electron chi connectivity index (χ0n) is 16.1. The van der Waals surface area contributed by atoms with Gasteiger partial charge in [-0.05, 0) is 36.2 Å². The molecule has 0 radical (unpaired) electrons. The zero-order valence-corrected chi connectivity index (χ0v) is 16.1. The Morgan fingerprint density at radius 3 is 2.48 bits per heavy atom. The summed E-state index contributed by atoms with van der Waals surface area (Å²) in [4.78, 5) is 44.8. The van der Waals surface area contributed by atoms with Crippen molar-refractivity contribution in [2.75, 3.05) is 18.6 Å². The Morgan fingerprint density at radius 2 is 1.86 bits per heavy atom. The number of hydrogen-bond donors (Lipinski definition) is 1. The normalized spacial score (nSPS) is 24.1. The highest BCUT2D eigenvalue weighted by Crippen LogP contribution is 2.46. The fraction of sp³-hybridized carbons (Fsp3) is 0.286. The van der Waals surface area contributed by atoms with Crippen LogP contribution in [0.25, 0.3) is 0 Å². The summed E-state index contributed by atoms with van der Waals surface area (Å²) in [6.07, 6.45) is -1.01. The number of fused-ring (bicyclic) bond motifs is 1. The first-order chi connectivity index (χ1) is 13.9. The number of primary amides is 1. The van der Waals surface area contributed by atoms with Gasteiger partial charge in [0.2, 0.25) is 11.8 Å². The largest absolute Gasteiger partial charge is 0.496 e. The van der Waals surface area contributed by atoms with Crippen molar-refractivity contribution in [2.24, 2.45) is 11.7 Å². The van der Waals surface area contributed by atoms with Crippen molar-refractivity contribution >= 4 is 23.4 Å². The van der Waals surface area contributed by atoms with Gasteiger partial charge in [0, 0.05) is 0 Å². The number of nitrogens with zero attached hydrogens (tertiary/aromatic N) is 2. The van der Waals surface area contributed by atoms with Crippen molar-refractivity contribution in [1.82, 2.24) is 5.06 Å². The summed E-state index contributed by atoms with van der Waals surface area (Å²) in [5.74, 6) is -1.51. The molecule has 2 fully saturated rings. The van der Waals surface area contributed by atoms with Crippen LogP contribution in [0.4, 0.5) is 5.69 Å². The van der Waals surface area contributed by atoms with Crippen LogP contribution < -0.4 is 15.4 Å². The molecule has 0 aliphatic carbocycles. The lowest BCUT2D eigenvalue weighted by Gasteiger charge is -2.26. The summed E-state index contributed by atoms with van der Waals surface area (Å²) in [5, 5.41) is 1.34. The van der Waals surface area contributed by atoms with Crippen LogP contribution in [0.3, 0.4) is 0 Å². The molecule has 0 aromatic heterocycles. The van der Waals surface area contributed by atoms with Crippen LogP contribution in [0.2, 0.25) is 0 Å². The van der Waals surface area contributed by atoms with E-state index in [1.165, 1.54) is 5.06 Å². The molecule has 8 nitrogen and oxygen atoms in total. The third-order valence-electron chi connectivity index (χ3n) is 5.28. The molecule has 2 aromatic rings. The highest BCUT2D eigenvalue weighted by Gasteiger charge is 2.60. The molecule has 3 atom stereocenters. The van der Waals surface area contributed by atoms with E-state index in [1.807, 2.05) is 19.1 Å². The van der Waals surface area contributed by atoms with Gasteiger partial charge >= 0.3 is 0 Å². The first-order valence-electron chi connectivity index (χ1n) is 9.21. The molecule has 3 amide bonds. The first kappa shape index (κ1) is 19.1. The molecule has 0 saturated carbocycles. The lowest BCUT2D eigenvalue weighted by Crippen LogP contribution is -2.40. The van der Waals surface area contributed by atoms with E-state index in [1.54, 1.807) is 43.5 Å². The Morgan fingerprint density at radius 1 is 1.14 bits per heavy atom. The molecule has 0 spiro atoms. The van der Waals surface area contributed by atoms with Gasteiger partial charge in [0.1, 0.15) is 12.3 Å². The number of methoxy groups -OCH3 is 1. The maximum Gasteiger partial charge on any atom is 0.265 e. The monoisotopic (exact) mass is 395 g/mol. The topological polar surface area (TPSA) is 102 Å². The second kappa shape index (κ2) is 7.31. The van der Waals surface area contributed by atoms with Gasteiger partial charge in [-0.3, -0.25) is 19.2 Å². The number of imide groups is 1. The van der Waals surface area contributed by atoms with Crippen molar-refractivity contribution in [3.05, 3.63) is 59.7 Å². The average molecular weight is 395 g/mol. The van der Waals surface area contributed by atoms with Gasteiger partial charge in [0.15, 0.2) is 6.10 Å². The van der Waals surface area contributed by atoms with Gasteiger partial charge in [0.05, 0.1) is 24.8 Å². The lowest BCUT2D eigenvalue weighted by atomic mass is 9.90. The second-order valence-corrected chi connectivity index (χ2v) is 7.11. The number of carbonyl (C=O) groups is 3. The summed E-state index contributed by atoms with van der Waals surface area (Å²) >= 11 is 0. The second-order valence-electron chi connectivity index (χ2n) is 7.11. The number of hydrogen-bond acceptors (Lipinski definition) is 6. The molecule has 29 heavy (non-hydrogen) atoms. The van der Waals surface area contributed by atoms with E-state index in [9.17, 15) is 14.4 Å². The number of para-hydroxylation sites is 1. The van der Waals surface area contributed by atoms with E-state index in [4.69, 9.17) is 15.3 Å². The summed E-state index contributed by atoms with van der Waals surface area (Å²) < 4.78 is 5.31. The molecule has 150 valence electrons. The number of hydroxylamine groups is 2. The average Bonchev–Trinajstić information content (AvgIpc) is 3.17. The molecule has 0 bridgehead atoms. The van der Waals surface area contributed by atoms with Crippen molar-refractivity contribution in [3.63, 3.8) is 0 Å². The number of rotatable bonds is 5. The molecule has 2 heterocycles. The highest BCUT2D eigenvalue weighted by atomic mass is 16.7. The third kappa shape index (κ3) is 3.16. The summed E-state index contributed by atoms with van der Waals surface area (Å²) in [5.41, 5.74) is 7.47. The molecular weight excluding hydrogens is 374 g/mol. The van der Waals surface area contributed by atoms with E-state index >= 15 is 0 Å². The Hall–Kier alpha value is -3.23. The summed E-state index contributed by atoms with van der Waals surface area (Å²) in [6, 6.07) is 13.6. The van der Waals surface area contributed by atoms with Gasteiger partial charge in [-0.15, -0.1) is 0 Å². The zero-order chi connectivity index (χ0) is 20.7. The van der Waals surface area contributed by atoms with Gasteiger partial charge in [-0.2, -0.15) is 5.06 Å². The Bertz CT molecular complexity index is 978. The van der Waals surface area contributed by atoms with E-state index in [-0.39, 0.29) is 12.5 Å². The predicted octanol–water partition coefficient (Wildman–Crippen LogP) is 1.34. The molecule has 2 N–H and O–H groups in total. The van der Waals surface area contributed by atoms with E-state index in [2.05, 4.69) is 0 Å². The number of carbonyl (C=O) groups excluding carboxylic acids is 3. The summed E-state index contributed by atoms with van der Waals surface area (Å²) in [7, 11) is 1.58. The Kier molecular flexibility index (Phi) is 4.81. The van der Waals surface area contributed by atoms with Crippen molar-refractivity contribution in [1.29, 1.82) is 0 Å². The minimum absolute atomic E-state index is 0.228. The van der Waals surface area contributed by atoms with E-state index in [0.717, 1.165) is 16.0 Å². The molecule has 2 saturated heterocycles. The third-order valence-corrected chi connectivity index (χ3v) is 5.28. The standard InChI is InChI=1S/C21H21N3O5/c1-12-10-13(8-9-15(12)28-2)18-17-19(29-23(18)11-16(22)25)21(27)24(20(17)26)14-6-4-3-5-7-14/h3-10,17-19H,11H2,1-2H3,(H2,22,25). The van der Waals surface area contributed by atoms with Crippen LogP contribution in [0.5, 0.6) is 5.75 Å². The smallest absolute Gasteiger partial charge is 0.265 e. The minimum Gasteiger partial charge on any atom is -0.496 e. The fourth-order valence-electron chi connectivity index (χ4n) is 4.05. The van der Waals surface area contributed by atoms with Crippen LogP contribution in [0.1, 0.15) is 17.2 Å². The molecule has 2 aromatic carbocycles. The van der Waals surface area contributed by atoms with Crippen LogP contribution in [0.15, 0.2) is 48.5 Å². The van der Waals surface area contributed by atoms with Crippen LogP contribution in [-0.2, 0) is 19.2 Å². The van der Waals surface area contributed by atoms with E-state index < -0.39 is 29.9 Å². The number of benzene rings is 2. The Balaban J connectivity index is 1.75. The summed E-state index contributed by atoms with van der Waals surface area (Å²) in [6.45, 7) is 1.65. The first-order valence-corrected chi connectivity index (χ1v) is 9.21. The molecule has 2 aliphatic heterocycles. The molecule has 3 unspecified atom stereocenters. The fourth-order valence-corrected chi connectivity index (χ4v) is 4.05. The van der Waals surface area contributed by atoms with Crippen molar-refractivity contribution in [3.8, 4) is 5.75 Å².